The zero-order valence-corrected chi connectivity index (χ0v) is 16.0. The Morgan fingerprint density at radius 1 is 1.23 bits per heavy atom. The number of benzene rings is 1. The molecule has 3 atom stereocenters. The highest BCUT2D eigenvalue weighted by Crippen LogP contribution is 2.45. The maximum atomic E-state index is 12.7. The number of carbonyl (C=O) groups is 1. The number of hydrogen-bond donors (Lipinski definition) is 2. The van der Waals surface area contributed by atoms with Crippen LogP contribution in [0.4, 0.5) is 0 Å². The molecule has 1 aromatic heterocycles. The largest absolute Gasteiger partial charge is 0.480 e. The standard InChI is InChI=1S/C20H25ClN2O3/c1-4-14(13-23(2)3)20(19(25)26,15-8-10-16(21)11-9-15)18(24)17-7-5-6-12-22-17/h5-12,14,18,24H,4,13H2,1-3H3,(H,25,26). The number of nitrogens with zero attached hydrogens (tertiary/aromatic N) is 2. The molecule has 0 saturated heterocycles. The number of carboxylic acids is 1. The van der Waals surface area contributed by atoms with Crippen molar-refractivity contribution in [1.29, 1.82) is 0 Å². The Morgan fingerprint density at radius 2 is 1.88 bits per heavy atom. The van der Waals surface area contributed by atoms with Gasteiger partial charge in [0.15, 0.2) is 0 Å². The Bertz CT molecular complexity index is 722. The molecule has 0 amide bonds. The molecule has 6 heteroatoms. The molecule has 0 spiro atoms. The van der Waals surface area contributed by atoms with E-state index in [-0.39, 0.29) is 5.92 Å². The Kier molecular flexibility index (Phi) is 6.75. The Balaban J connectivity index is 2.71. The van der Waals surface area contributed by atoms with Crippen molar-refractivity contribution in [2.45, 2.75) is 24.9 Å². The molecule has 140 valence electrons. The van der Waals surface area contributed by atoms with E-state index < -0.39 is 17.5 Å². The summed E-state index contributed by atoms with van der Waals surface area (Å²) in [4.78, 5) is 18.8. The van der Waals surface area contributed by atoms with Crippen LogP contribution in [0.15, 0.2) is 48.7 Å². The minimum Gasteiger partial charge on any atom is -0.480 e. The molecule has 3 unspecified atom stereocenters. The van der Waals surface area contributed by atoms with Gasteiger partial charge in [-0.3, -0.25) is 9.78 Å². The minimum atomic E-state index is -1.54. The first-order valence-electron chi connectivity index (χ1n) is 8.57. The number of halogens is 1. The second-order valence-electron chi connectivity index (χ2n) is 6.71. The first-order chi connectivity index (χ1) is 12.3. The number of rotatable bonds is 8. The molecule has 0 saturated carbocycles. The molecule has 5 nitrogen and oxygen atoms in total. The van der Waals surface area contributed by atoms with Crippen LogP contribution in [-0.4, -0.2) is 46.7 Å². The summed E-state index contributed by atoms with van der Waals surface area (Å²) >= 11 is 6.01. The number of aromatic nitrogens is 1. The number of aliphatic hydroxyl groups excluding tert-OH is 1. The number of aliphatic hydroxyl groups is 1. The van der Waals surface area contributed by atoms with Gasteiger partial charge in [-0.25, -0.2) is 0 Å². The van der Waals surface area contributed by atoms with Crippen molar-refractivity contribution in [3.8, 4) is 0 Å². The van der Waals surface area contributed by atoms with Gasteiger partial charge in [0.1, 0.15) is 11.5 Å². The van der Waals surface area contributed by atoms with Gasteiger partial charge in [-0.15, -0.1) is 0 Å². The van der Waals surface area contributed by atoms with E-state index >= 15 is 0 Å². The summed E-state index contributed by atoms with van der Waals surface area (Å²) in [6.45, 7) is 2.45. The highest BCUT2D eigenvalue weighted by Gasteiger charge is 2.53. The van der Waals surface area contributed by atoms with Crippen molar-refractivity contribution >= 4 is 17.6 Å². The molecule has 1 heterocycles. The first kappa shape index (κ1) is 20.4. The fourth-order valence-electron chi connectivity index (χ4n) is 3.56. The van der Waals surface area contributed by atoms with Crippen LogP contribution in [0.2, 0.25) is 5.02 Å². The summed E-state index contributed by atoms with van der Waals surface area (Å²) < 4.78 is 0. The fraction of sp³-hybridized carbons (Fsp3) is 0.400. The second kappa shape index (κ2) is 8.62. The molecule has 0 aliphatic rings. The van der Waals surface area contributed by atoms with Gasteiger partial charge in [0.05, 0.1) is 5.69 Å². The van der Waals surface area contributed by atoms with Crippen LogP contribution >= 0.6 is 11.6 Å². The van der Waals surface area contributed by atoms with Gasteiger partial charge in [-0.1, -0.05) is 43.1 Å². The molecule has 0 fully saturated rings. The van der Waals surface area contributed by atoms with Gasteiger partial charge >= 0.3 is 5.97 Å². The molecule has 1 aromatic carbocycles. The average molecular weight is 377 g/mol. The van der Waals surface area contributed by atoms with Crippen molar-refractivity contribution in [2.24, 2.45) is 5.92 Å². The molecule has 0 aliphatic heterocycles. The van der Waals surface area contributed by atoms with Crippen LogP contribution in [0.3, 0.4) is 0 Å². The van der Waals surface area contributed by atoms with E-state index in [9.17, 15) is 15.0 Å². The fourth-order valence-corrected chi connectivity index (χ4v) is 3.69. The predicted molar refractivity (Wildman–Crippen MR) is 102 cm³/mol. The summed E-state index contributed by atoms with van der Waals surface area (Å²) in [7, 11) is 3.79. The SMILES string of the molecule is CCC(CN(C)C)C(C(=O)O)(c1ccc(Cl)cc1)C(O)c1ccccn1. The zero-order valence-electron chi connectivity index (χ0n) is 15.3. The molecule has 0 radical (unpaired) electrons. The van der Waals surface area contributed by atoms with Crippen LogP contribution in [0.25, 0.3) is 0 Å². The number of aliphatic carboxylic acids is 1. The number of pyridine rings is 1. The van der Waals surface area contributed by atoms with Crippen LogP contribution in [0, 0.1) is 5.92 Å². The molecule has 2 rings (SSSR count). The van der Waals surface area contributed by atoms with E-state index in [0.29, 0.717) is 29.2 Å². The minimum absolute atomic E-state index is 0.335. The van der Waals surface area contributed by atoms with Crippen molar-refractivity contribution in [3.05, 3.63) is 64.9 Å². The lowest BCUT2D eigenvalue weighted by Gasteiger charge is -2.41. The second-order valence-corrected chi connectivity index (χ2v) is 7.14. The summed E-state index contributed by atoms with van der Waals surface area (Å²) in [5.74, 6) is -1.42. The van der Waals surface area contributed by atoms with E-state index in [1.54, 1.807) is 48.7 Å². The first-order valence-corrected chi connectivity index (χ1v) is 8.95. The maximum Gasteiger partial charge on any atom is 0.317 e. The van der Waals surface area contributed by atoms with Crippen molar-refractivity contribution in [3.63, 3.8) is 0 Å². The monoisotopic (exact) mass is 376 g/mol. The highest BCUT2D eigenvalue weighted by atomic mass is 35.5. The number of hydrogen-bond acceptors (Lipinski definition) is 4. The van der Waals surface area contributed by atoms with Crippen molar-refractivity contribution in [1.82, 2.24) is 9.88 Å². The van der Waals surface area contributed by atoms with Crippen LogP contribution in [-0.2, 0) is 10.2 Å². The van der Waals surface area contributed by atoms with Gasteiger partial charge in [-0.2, -0.15) is 0 Å². The lowest BCUT2D eigenvalue weighted by atomic mass is 9.64. The summed E-state index contributed by atoms with van der Waals surface area (Å²) in [6.07, 6.45) is 0.837. The molecule has 0 aliphatic carbocycles. The van der Waals surface area contributed by atoms with Gasteiger partial charge < -0.3 is 15.1 Å². The van der Waals surface area contributed by atoms with Crippen molar-refractivity contribution in [2.75, 3.05) is 20.6 Å². The lowest BCUT2D eigenvalue weighted by Crippen LogP contribution is -2.51. The summed E-state index contributed by atoms with van der Waals surface area (Å²) in [6, 6.07) is 11.8. The molecular weight excluding hydrogens is 352 g/mol. The highest BCUT2D eigenvalue weighted by molar-refractivity contribution is 6.30. The molecule has 26 heavy (non-hydrogen) atoms. The zero-order chi connectivity index (χ0) is 19.3. The molecule has 2 aromatic rings. The molecule has 0 bridgehead atoms. The smallest absolute Gasteiger partial charge is 0.317 e. The third-order valence-corrected chi connectivity index (χ3v) is 5.05. The van der Waals surface area contributed by atoms with E-state index in [1.807, 2.05) is 25.9 Å². The third-order valence-electron chi connectivity index (χ3n) is 4.80. The van der Waals surface area contributed by atoms with E-state index in [1.165, 1.54) is 0 Å². The Morgan fingerprint density at radius 3 is 2.35 bits per heavy atom. The van der Waals surface area contributed by atoms with Gasteiger partial charge in [0.25, 0.3) is 0 Å². The van der Waals surface area contributed by atoms with E-state index in [4.69, 9.17) is 11.6 Å². The summed E-state index contributed by atoms with van der Waals surface area (Å²) in [5, 5.41) is 22.1. The van der Waals surface area contributed by atoms with Crippen LogP contribution < -0.4 is 0 Å². The van der Waals surface area contributed by atoms with Gasteiger partial charge in [-0.05, 0) is 49.8 Å². The van der Waals surface area contributed by atoms with Crippen molar-refractivity contribution < 1.29 is 15.0 Å². The topological polar surface area (TPSA) is 73.7 Å². The maximum absolute atomic E-state index is 12.7. The average Bonchev–Trinajstić information content (AvgIpc) is 2.62. The van der Waals surface area contributed by atoms with E-state index in [2.05, 4.69) is 4.98 Å². The third kappa shape index (κ3) is 3.90. The van der Waals surface area contributed by atoms with Crippen LogP contribution in [0.1, 0.15) is 30.7 Å². The van der Waals surface area contributed by atoms with Crippen LogP contribution in [0.5, 0.6) is 0 Å². The molecular formula is C20H25ClN2O3. The number of carboxylic acid groups (broad SMARTS) is 1. The Hall–Kier alpha value is -1.95. The van der Waals surface area contributed by atoms with Gasteiger partial charge in [0.2, 0.25) is 0 Å². The Labute approximate surface area is 159 Å². The van der Waals surface area contributed by atoms with E-state index in [0.717, 1.165) is 0 Å². The quantitative estimate of drug-likeness (QED) is 0.738. The summed E-state index contributed by atoms with van der Waals surface area (Å²) in [5.41, 5.74) is -0.693. The predicted octanol–water partition coefficient (Wildman–Crippen LogP) is 3.38. The molecule has 2 N–H and O–H groups in total. The van der Waals surface area contributed by atoms with Gasteiger partial charge in [0, 0.05) is 17.8 Å². The normalized spacial score (nSPS) is 16.1. The lowest BCUT2D eigenvalue weighted by molar-refractivity contribution is -0.154.